The highest BCUT2D eigenvalue weighted by atomic mass is 19.3. The fourth-order valence-corrected chi connectivity index (χ4v) is 1.68. The monoisotopic (exact) mass is 216 g/mol. The number of hydrogen-bond acceptors (Lipinski definition) is 2. The first-order valence-electron chi connectivity index (χ1n) is 4.70. The number of rotatable bonds is 3. The summed E-state index contributed by atoms with van der Waals surface area (Å²) in [7, 11) is 0. The second kappa shape index (κ2) is 3.60. The van der Waals surface area contributed by atoms with Crippen LogP contribution in [0.2, 0.25) is 0 Å². The Labute approximate surface area is 84.5 Å². The minimum absolute atomic E-state index is 0.0536. The van der Waals surface area contributed by atoms with Gasteiger partial charge in [-0.15, -0.1) is 0 Å². The van der Waals surface area contributed by atoms with Crippen molar-refractivity contribution in [3.63, 3.8) is 0 Å². The van der Waals surface area contributed by atoms with Crippen LogP contribution in [0.25, 0.3) is 0 Å². The molecule has 0 atom stereocenters. The number of alkyl halides is 2. The van der Waals surface area contributed by atoms with Gasteiger partial charge >= 0.3 is 5.97 Å². The molecule has 0 amide bonds. The van der Waals surface area contributed by atoms with Crippen LogP contribution < -0.4 is 0 Å². The van der Waals surface area contributed by atoms with Crippen LogP contribution >= 0.6 is 0 Å². The van der Waals surface area contributed by atoms with Crippen LogP contribution in [0.4, 0.5) is 8.78 Å². The summed E-state index contributed by atoms with van der Waals surface area (Å²) in [6, 6.07) is -0.0536. The summed E-state index contributed by atoms with van der Waals surface area (Å²) in [5.74, 6) is -1.35. The lowest BCUT2D eigenvalue weighted by atomic mass is 9.93. The standard InChI is InChI=1S/C9H10F2N2O2/c10-8(11)7-6(9(14)15)4-12-13(7)5-2-1-3-5/h4-5,8H,1-3H2,(H,14,15). The van der Waals surface area contributed by atoms with Gasteiger partial charge in [0.25, 0.3) is 6.43 Å². The molecule has 0 spiro atoms. The number of hydrogen-bond donors (Lipinski definition) is 1. The number of nitrogens with zero attached hydrogens (tertiary/aromatic N) is 2. The highest BCUT2D eigenvalue weighted by Gasteiger charge is 2.30. The Hall–Kier alpha value is -1.46. The SMILES string of the molecule is O=C(O)c1cnn(C2CCC2)c1C(F)F. The molecule has 6 heteroatoms. The maximum Gasteiger partial charge on any atom is 0.339 e. The average Bonchev–Trinajstić information content (AvgIpc) is 2.45. The van der Waals surface area contributed by atoms with Crippen LogP contribution in [-0.4, -0.2) is 20.9 Å². The van der Waals surface area contributed by atoms with Crippen molar-refractivity contribution < 1.29 is 18.7 Å². The van der Waals surface area contributed by atoms with Crippen LogP contribution in [0.3, 0.4) is 0 Å². The van der Waals surface area contributed by atoms with Gasteiger partial charge in [-0.25, -0.2) is 13.6 Å². The summed E-state index contributed by atoms with van der Waals surface area (Å²) in [5.41, 5.74) is -0.857. The van der Waals surface area contributed by atoms with E-state index in [-0.39, 0.29) is 6.04 Å². The van der Waals surface area contributed by atoms with Crippen molar-refractivity contribution in [2.45, 2.75) is 31.7 Å². The van der Waals surface area contributed by atoms with Gasteiger partial charge in [0.1, 0.15) is 11.3 Å². The predicted octanol–water partition coefficient (Wildman–Crippen LogP) is 2.24. The Bertz CT molecular complexity index is 385. The van der Waals surface area contributed by atoms with Gasteiger partial charge in [-0.05, 0) is 19.3 Å². The first-order chi connectivity index (χ1) is 7.11. The fourth-order valence-electron chi connectivity index (χ4n) is 1.68. The van der Waals surface area contributed by atoms with E-state index in [0.717, 1.165) is 30.1 Å². The number of aromatic carboxylic acids is 1. The molecule has 0 bridgehead atoms. The first-order valence-corrected chi connectivity index (χ1v) is 4.70. The molecule has 2 rings (SSSR count). The van der Waals surface area contributed by atoms with Crippen molar-refractivity contribution in [1.29, 1.82) is 0 Å². The van der Waals surface area contributed by atoms with Gasteiger partial charge in [-0.1, -0.05) is 0 Å². The normalized spacial score (nSPS) is 16.7. The molecule has 1 heterocycles. The smallest absolute Gasteiger partial charge is 0.339 e. The molecule has 0 saturated heterocycles. The van der Waals surface area contributed by atoms with Gasteiger partial charge in [-0.3, -0.25) is 4.68 Å². The highest BCUT2D eigenvalue weighted by Crippen LogP contribution is 2.35. The van der Waals surface area contributed by atoms with E-state index in [1.54, 1.807) is 0 Å². The molecule has 0 aliphatic heterocycles. The van der Waals surface area contributed by atoms with Crippen molar-refractivity contribution in [1.82, 2.24) is 9.78 Å². The summed E-state index contributed by atoms with van der Waals surface area (Å²) < 4.78 is 26.5. The average molecular weight is 216 g/mol. The number of carboxylic acid groups (broad SMARTS) is 1. The van der Waals surface area contributed by atoms with E-state index < -0.39 is 23.7 Å². The number of carboxylic acids is 1. The second-order valence-electron chi connectivity index (χ2n) is 3.58. The van der Waals surface area contributed by atoms with Crippen molar-refractivity contribution >= 4 is 5.97 Å². The molecule has 15 heavy (non-hydrogen) atoms. The molecular weight excluding hydrogens is 206 g/mol. The van der Waals surface area contributed by atoms with Gasteiger partial charge in [0.05, 0.1) is 12.2 Å². The predicted molar refractivity (Wildman–Crippen MR) is 47.0 cm³/mol. The zero-order valence-corrected chi connectivity index (χ0v) is 7.86. The molecule has 0 unspecified atom stereocenters. The molecule has 1 saturated carbocycles. The van der Waals surface area contributed by atoms with E-state index >= 15 is 0 Å². The van der Waals surface area contributed by atoms with E-state index in [9.17, 15) is 13.6 Å². The summed E-state index contributed by atoms with van der Waals surface area (Å²) in [6.45, 7) is 0. The third kappa shape index (κ3) is 1.60. The number of aromatic nitrogens is 2. The van der Waals surface area contributed by atoms with Crippen LogP contribution in [0.1, 0.15) is 47.8 Å². The molecule has 82 valence electrons. The molecule has 1 aliphatic rings. The lowest BCUT2D eigenvalue weighted by molar-refractivity contribution is 0.0679. The molecule has 0 aromatic carbocycles. The zero-order valence-electron chi connectivity index (χ0n) is 7.86. The van der Waals surface area contributed by atoms with Gasteiger partial charge < -0.3 is 5.11 Å². The van der Waals surface area contributed by atoms with Crippen molar-refractivity contribution in [2.24, 2.45) is 0 Å². The zero-order chi connectivity index (χ0) is 11.0. The lowest BCUT2D eigenvalue weighted by Gasteiger charge is -2.27. The van der Waals surface area contributed by atoms with E-state index in [1.807, 2.05) is 0 Å². The second-order valence-corrected chi connectivity index (χ2v) is 3.58. The molecule has 1 fully saturated rings. The quantitative estimate of drug-likeness (QED) is 0.842. The van der Waals surface area contributed by atoms with E-state index in [0.29, 0.717) is 0 Å². The van der Waals surface area contributed by atoms with Crippen LogP contribution in [0, 0.1) is 0 Å². The molecule has 1 N–H and O–H groups in total. The Morgan fingerprint density at radius 1 is 1.60 bits per heavy atom. The number of carbonyl (C=O) groups is 1. The molecule has 1 aromatic rings. The molecule has 0 radical (unpaired) electrons. The minimum Gasteiger partial charge on any atom is -0.478 e. The first kappa shape index (κ1) is 10.1. The Kier molecular flexibility index (Phi) is 2.42. The minimum atomic E-state index is -2.79. The van der Waals surface area contributed by atoms with Gasteiger partial charge in [0.2, 0.25) is 0 Å². The van der Waals surface area contributed by atoms with Crippen molar-refractivity contribution in [3.8, 4) is 0 Å². The summed E-state index contributed by atoms with van der Waals surface area (Å²) in [4.78, 5) is 10.7. The summed E-state index contributed by atoms with van der Waals surface area (Å²) in [6.07, 6.45) is 0.776. The van der Waals surface area contributed by atoms with Gasteiger partial charge in [0, 0.05) is 0 Å². The maximum atomic E-state index is 12.7. The summed E-state index contributed by atoms with van der Waals surface area (Å²) >= 11 is 0. The van der Waals surface area contributed by atoms with Crippen LogP contribution in [-0.2, 0) is 0 Å². The molecular formula is C9H10F2N2O2. The van der Waals surface area contributed by atoms with E-state index in [4.69, 9.17) is 5.11 Å². The lowest BCUT2D eigenvalue weighted by Crippen LogP contribution is -2.21. The maximum absolute atomic E-state index is 12.7. The van der Waals surface area contributed by atoms with E-state index in [2.05, 4.69) is 5.10 Å². The number of halogens is 2. The van der Waals surface area contributed by atoms with Crippen molar-refractivity contribution in [2.75, 3.05) is 0 Å². The fraction of sp³-hybridized carbons (Fsp3) is 0.556. The van der Waals surface area contributed by atoms with Crippen LogP contribution in [0.15, 0.2) is 6.20 Å². The third-order valence-electron chi connectivity index (χ3n) is 2.69. The Morgan fingerprint density at radius 3 is 2.67 bits per heavy atom. The largest absolute Gasteiger partial charge is 0.478 e. The Morgan fingerprint density at radius 2 is 2.27 bits per heavy atom. The topological polar surface area (TPSA) is 55.1 Å². The molecule has 4 nitrogen and oxygen atoms in total. The van der Waals surface area contributed by atoms with Crippen LogP contribution in [0.5, 0.6) is 0 Å². The van der Waals surface area contributed by atoms with Crippen molar-refractivity contribution in [3.05, 3.63) is 17.5 Å². The van der Waals surface area contributed by atoms with Gasteiger partial charge in [-0.2, -0.15) is 5.10 Å². The molecule has 1 aromatic heterocycles. The highest BCUT2D eigenvalue weighted by molar-refractivity contribution is 5.88. The third-order valence-corrected chi connectivity index (χ3v) is 2.69. The van der Waals surface area contributed by atoms with Gasteiger partial charge in [0.15, 0.2) is 0 Å². The summed E-state index contributed by atoms with van der Waals surface area (Å²) in [5, 5.41) is 12.5. The Balaban J connectivity index is 2.41. The molecule has 1 aliphatic carbocycles. The van der Waals surface area contributed by atoms with E-state index in [1.165, 1.54) is 0 Å².